The van der Waals surface area contributed by atoms with Crippen molar-refractivity contribution in [3.05, 3.63) is 34.3 Å². The van der Waals surface area contributed by atoms with Crippen molar-refractivity contribution in [2.45, 2.75) is 32.7 Å². The van der Waals surface area contributed by atoms with Crippen LogP contribution < -0.4 is 11.1 Å². The smallest absolute Gasteiger partial charge is 0.133 e. The van der Waals surface area contributed by atoms with Crippen LogP contribution in [0.2, 0.25) is 0 Å². The highest BCUT2D eigenvalue weighted by molar-refractivity contribution is 7.07. The number of thiophene rings is 1. The van der Waals surface area contributed by atoms with Crippen LogP contribution in [0.5, 0.6) is 0 Å². The Balaban J connectivity index is 2.13. The molecule has 96 valence electrons. The molecule has 2 aromatic heterocycles. The van der Waals surface area contributed by atoms with E-state index in [1.54, 1.807) is 17.4 Å². The van der Waals surface area contributed by atoms with E-state index in [1.165, 1.54) is 5.56 Å². The Morgan fingerprint density at radius 1 is 1.44 bits per heavy atom. The third-order valence-corrected chi connectivity index (χ3v) is 3.37. The monoisotopic (exact) mass is 262 g/mol. The number of hydrogen-bond donors (Lipinski definition) is 2. The molecule has 0 spiro atoms. The molecule has 0 saturated carbocycles. The summed E-state index contributed by atoms with van der Waals surface area (Å²) < 4.78 is 0. The fraction of sp³-hybridized carbons (Fsp3) is 0.385. The largest absolute Gasteiger partial charge is 0.384 e. The molecule has 3 N–H and O–H groups in total. The molecule has 1 unspecified atom stereocenters. The van der Waals surface area contributed by atoms with Crippen LogP contribution in [0.3, 0.4) is 0 Å². The summed E-state index contributed by atoms with van der Waals surface area (Å²) in [6, 6.07) is 4.11. The molecule has 0 aliphatic heterocycles. The average Bonchev–Trinajstić information content (AvgIpc) is 2.81. The van der Waals surface area contributed by atoms with E-state index in [1.807, 2.05) is 0 Å². The number of hydrogen-bond acceptors (Lipinski definition) is 5. The van der Waals surface area contributed by atoms with Crippen molar-refractivity contribution in [3.63, 3.8) is 0 Å². The minimum atomic E-state index is 0.222. The summed E-state index contributed by atoms with van der Waals surface area (Å²) in [7, 11) is 0. The molecule has 5 heteroatoms. The van der Waals surface area contributed by atoms with Crippen molar-refractivity contribution < 1.29 is 0 Å². The van der Waals surface area contributed by atoms with Gasteiger partial charge in [0.1, 0.15) is 17.5 Å². The lowest BCUT2D eigenvalue weighted by atomic mass is 10.2. The van der Waals surface area contributed by atoms with Crippen molar-refractivity contribution in [2.24, 2.45) is 0 Å². The van der Waals surface area contributed by atoms with Gasteiger partial charge < -0.3 is 11.1 Å². The highest BCUT2D eigenvalue weighted by atomic mass is 32.1. The van der Waals surface area contributed by atoms with E-state index in [0.29, 0.717) is 5.82 Å². The van der Waals surface area contributed by atoms with Gasteiger partial charge in [-0.2, -0.15) is 11.3 Å². The first-order valence-electron chi connectivity index (χ1n) is 6.11. The van der Waals surface area contributed by atoms with Crippen LogP contribution >= 0.6 is 11.3 Å². The normalized spacial score (nSPS) is 12.3. The van der Waals surface area contributed by atoms with Crippen molar-refractivity contribution in [3.8, 4) is 0 Å². The minimum Gasteiger partial charge on any atom is -0.384 e. The molecule has 0 bridgehead atoms. The molecular formula is C13H18N4S. The van der Waals surface area contributed by atoms with Crippen molar-refractivity contribution >= 4 is 23.0 Å². The second-order valence-electron chi connectivity index (χ2n) is 4.27. The molecule has 2 heterocycles. The molecule has 1 atom stereocenters. The number of anilines is 2. The van der Waals surface area contributed by atoms with E-state index in [-0.39, 0.29) is 6.04 Å². The maximum atomic E-state index is 5.80. The Morgan fingerprint density at radius 2 is 2.28 bits per heavy atom. The van der Waals surface area contributed by atoms with Crippen molar-refractivity contribution in [1.29, 1.82) is 0 Å². The van der Waals surface area contributed by atoms with E-state index in [4.69, 9.17) is 5.73 Å². The van der Waals surface area contributed by atoms with Crippen LogP contribution in [0.15, 0.2) is 22.9 Å². The predicted octanol–water partition coefficient (Wildman–Crippen LogP) is 3.25. The Hall–Kier alpha value is -1.62. The maximum absolute atomic E-state index is 5.80. The average molecular weight is 262 g/mol. The highest BCUT2D eigenvalue weighted by Crippen LogP contribution is 2.21. The number of aryl methyl sites for hydroxylation is 1. The van der Waals surface area contributed by atoms with Gasteiger partial charge in [-0.25, -0.2) is 9.97 Å². The van der Waals surface area contributed by atoms with Crippen LogP contribution in [-0.2, 0) is 6.42 Å². The topological polar surface area (TPSA) is 63.8 Å². The summed E-state index contributed by atoms with van der Waals surface area (Å²) in [6.45, 7) is 4.22. The molecule has 2 rings (SSSR count). The van der Waals surface area contributed by atoms with E-state index in [2.05, 4.69) is 46.0 Å². The van der Waals surface area contributed by atoms with Gasteiger partial charge in [0.05, 0.1) is 6.04 Å². The Kier molecular flexibility index (Phi) is 4.15. The second kappa shape index (κ2) is 5.82. The van der Waals surface area contributed by atoms with Crippen molar-refractivity contribution in [2.75, 3.05) is 11.1 Å². The first-order valence-corrected chi connectivity index (χ1v) is 7.05. The first kappa shape index (κ1) is 12.8. The molecule has 4 nitrogen and oxygen atoms in total. The van der Waals surface area contributed by atoms with E-state index in [0.717, 1.165) is 24.5 Å². The molecule has 18 heavy (non-hydrogen) atoms. The fourth-order valence-corrected chi connectivity index (χ4v) is 2.51. The zero-order valence-corrected chi connectivity index (χ0v) is 11.5. The van der Waals surface area contributed by atoms with Gasteiger partial charge in [-0.15, -0.1) is 0 Å². The summed E-state index contributed by atoms with van der Waals surface area (Å²) in [5, 5.41) is 7.57. The summed E-state index contributed by atoms with van der Waals surface area (Å²) in [5.74, 6) is 2.12. The highest BCUT2D eigenvalue weighted by Gasteiger charge is 2.08. The number of nitrogens with two attached hydrogens (primary N) is 1. The number of aromatic nitrogens is 2. The second-order valence-corrected chi connectivity index (χ2v) is 5.05. The van der Waals surface area contributed by atoms with E-state index >= 15 is 0 Å². The van der Waals surface area contributed by atoms with E-state index < -0.39 is 0 Å². The summed E-state index contributed by atoms with van der Waals surface area (Å²) in [4.78, 5) is 8.70. The number of rotatable bonds is 5. The minimum absolute atomic E-state index is 0.222. The summed E-state index contributed by atoms with van der Waals surface area (Å²) in [5.41, 5.74) is 7.05. The van der Waals surface area contributed by atoms with Crippen LogP contribution in [0, 0.1) is 0 Å². The molecule has 0 aliphatic rings. The number of nitrogen functional groups attached to an aromatic ring is 1. The Bertz CT molecular complexity index is 496. The molecule has 0 radical (unpaired) electrons. The quantitative estimate of drug-likeness (QED) is 0.868. The standard InChI is InChI=1S/C13H18N4S/c1-3-4-12-16-11(14)7-13(17-12)15-9(2)10-5-6-18-8-10/h5-9H,3-4H2,1-2H3,(H3,14,15,16,17). The van der Waals surface area contributed by atoms with Gasteiger partial charge in [0, 0.05) is 12.5 Å². The van der Waals surface area contributed by atoms with Gasteiger partial charge in [-0.1, -0.05) is 6.92 Å². The zero-order chi connectivity index (χ0) is 13.0. The van der Waals surface area contributed by atoms with Crippen LogP contribution in [0.4, 0.5) is 11.6 Å². The van der Waals surface area contributed by atoms with Gasteiger partial charge >= 0.3 is 0 Å². The molecule has 0 saturated heterocycles. The third kappa shape index (κ3) is 3.20. The Labute approximate surface area is 111 Å². The molecule has 0 amide bonds. The zero-order valence-electron chi connectivity index (χ0n) is 10.7. The lowest BCUT2D eigenvalue weighted by Gasteiger charge is -2.14. The molecule has 0 aromatic carbocycles. The van der Waals surface area contributed by atoms with Crippen LogP contribution in [-0.4, -0.2) is 9.97 Å². The SMILES string of the molecule is CCCc1nc(N)cc(NC(C)c2ccsc2)n1. The third-order valence-electron chi connectivity index (χ3n) is 2.67. The first-order chi connectivity index (χ1) is 8.69. The fourth-order valence-electron chi connectivity index (χ4n) is 1.75. The number of nitrogens with one attached hydrogen (secondary N) is 1. The van der Waals surface area contributed by atoms with Crippen molar-refractivity contribution in [1.82, 2.24) is 9.97 Å². The van der Waals surface area contributed by atoms with Crippen LogP contribution in [0.25, 0.3) is 0 Å². The number of nitrogens with zero attached hydrogens (tertiary/aromatic N) is 2. The van der Waals surface area contributed by atoms with Gasteiger partial charge in [-0.05, 0) is 35.7 Å². The summed E-state index contributed by atoms with van der Waals surface area (Å²) in [6.07, 6.45) is 1.87. The molecule has 0 fully saturated rings. The molecule has 2 aromatic rings. The van der Waals surface area contributed by atoms with Gasteiger partial charge in [0.2, 0.25) is 0 Å². The van der Waals surface area contributed by atoms with Crippen LogP contribution in [0.1, 0.15) is 37.7 Å². The molecule has 0 aliphatic carbocycles. The predicted molar refractivity (Wildman–Crippen MR) is 76.8 cm³/mol. The van der Waals surface area contributed by atoms with Gasteiger partial charge in [0.15, 0.2) is 0 Å². The Morgan fingerprint density at radius 3 is 2.94 bits per heavy atom. The summed E-state index contributed by atoms with van der Waals surface area (Å²) >= 11 is 1.70. The molecular weight excluding hydrogens is 244 g/mol. The lowest BCUT2D eigenvalue weighted by Crippen LogP contribution is -2.10. The maximum Gasteiger partial charge on any atom is 0.133 e. The van der Waals surface area contributed by atoms with Gasteiger partial charge in [-0.3, -0.25) is 0 Å². The van der Waals surface area contributed by atoms with Gasteiger partial charge in [0.25, 0.3) is 0 Å². The lowest BCUT2D eigenvalue weighted by molar-refractivity contribution is 0.822. The van der Waals surface area contributed by atoms with E-state index in [9.17, 15) is 0 Å².